The molecule has 2 aromatic heterocycles. The van der Waals surface area contributed by atoms with Crippen LogP contribution in [-0.2, 0) is 13.0 Å². The molecule has 2 aromatic carbocycles. The van der Waals surface area contributed by atoms with Crippen molar-refractivity contribution in [2.45, 2.75) is 26.8 Å². The quantitative estimate of drug-likeness (QED) is 0.471. The number of imidazole rings is 1. The Bertz CT molecular complexity index is 1180. The van der Waals surface area contributed by atoms with E-state index in [2.05, 4.69) is 53.0 Å². The minimum atomic E-state index is -0.179. The van der Waals surface area contributed by atoms with Crippen molar-refractivity contribution in [2.24, 2.45) is 0 Å². The van der Waals surface area contributed by atoms with Gasteiger partial charge in [-0.15, -0.1) is 0 Å². The van der Waals surface area contributed by atoms with Crippen molar-refractivity contribution in [1.82, 2.24) is 19.9 Å². The van der Waals surface area contributed by atoms with Gasteiger partial charge in [0, 0.05) is 19.2 Å². The van der Waals surface area contributed by atoms with Gasteiger partial charge in [-0.1, -0.05) is 30.3 Å². The maximum atomic E-state index is 12.3. The fourth-order valence-corrected chi connectivity index (χ4v) is 3.55. The summed E-state index contributed by atoms with van der Waals surface area (Å²) in [4.78, 5) is 21.1. The minimum Gasteiger partial charge on any atom is -0.491 e. The summed E-state index contributed by atoms with van der Waals surface area (Å²) in [5.74, 6) is 1.65. The fraction of sp³-hybridized carbons (Fsp3) is 0.240. The molecule has 6 heteroatoms. The van der Waals surface area contributed by atoms with E-state index in [1.807, 2.05) is 18.2 Å². The lowest BCUT2D eigenvalue weighted by molar-refractivity contribution is 0.0949. The molecule has 31 heavy (non-hydrogen) atoms. The zero-order valence-electron chi connectivity index (χ0n) is 17.8. The first kappa shape index (κ1) is 20.6. The zero-order chi connectivity index (χ0) is 21.6. The molecule has 0 aliphatic heterocycles. The molecule has 158 valence electrons. The number of benzene rings is 2. The van der Waals surface area contributed by atoms with Crippen LogP contribution in [0.4, 0.5) is 0 Å². The third-order valence-corrected chi connectivity index (χ3v) is 5.18. The van der Waals surface area contributed by atoms with Crippen molar-refractivity contribution in [1.29, 1.82) is 0 Å². The van der Waals surface area contributed by atoms with E-state index in [1.165, 1.54) is 5.56 Å². The van der Waals surface area contributed by atoms with E-state index in [4.69, 9.17) is 9.72 Å². The maximum Gasteiger partial charge on any atom is 0.269 e. The van der Waals surface area contributed by atoms with Crippen LogP contribution in [0.15, 0.2) is 66.9 Å². The number of rotatable bonds is 8. The molecule has 0 bridgehead atoms. The van der Waals surface area contributed by atoms with E-state index in [9.17, 15) is 4.79 Å². The summed E-state index contributed by atoms with van der Waals surface area (Å²) < 4.78 is 8.24. The molecule has 0 unspecified atom stereocenters. The second-order valence-electron chi connectivity index (χ2n) is 7.51. The molecule has 0 saturated heterocycles. The number of carbonyl (C=O) groups excluding carboxylic acids is 1. The Balaban J connectivity index is 1.44. The van der Waals surface area contributed by atoms with Crippen LogP contribution in [0.25, 0.3) is 11.0 Å². The normalized spacial score (nSPS) is 10.9. The first-order valence-electron chi connectivity index (χ1n) is 10.5. The van der Waals surface area contributed by atoms with Crippen molar-refractivity contribution in [2.75, 3.05) is 13.2 Å². The van der Waals surface area contributed by atoms with Crippen LogP contribution in [0, 0.1) is 13.8 Å². The number of amides is 1. The number of aromatic nitrogens is 3. The molecule has 1 N–H and O–H groups in total. The van der Waals surface area contributed by atoms with E-state index in [0.29, 0.717) is 31.8 Å². The number of pyridine rings is 1. The lowest BCUT2D eigenvalue weighted by Gasteiger charge is -2.13. The SMILES string of the molecule is Cc1ccc(C)c(OCCn2c(CCNC(=O)c3ccccn3)nc3ccccc32)c1. The number of carbonyl (C=O) groups is 1. The summed E-state index contributed by atoms with van der Waals surface area (Å²) in [5.41, 5.74) is 4.73. The average molecular weight is 415 g/mol. The standard InChI is InChI=1S/C25H26N4O2/c1-18-10-11-19(2)23(17-18)31-16-15-29-22-9-4-3-7-20(22)28-24(29)12-14-27-25(30)21-8-5-6-13-26-21/h3-11,13,17H,12,14-16H2,1-2H3,(H,27,30). The number of hydrogen-bond donors (Lipinski definition) is 1. The van der Waals surface area contributed by atoms with E-state index < -0.39 is 0 Å². The average Bonchev–Trinajstić information content (AvgIpc) is 3.14. The highest BCUT2D eigenvalue weighted by molar-refractivity contribution is 5.92. The van der Waals surface area contributed by atoms with Gasteiger partial charge in [0.1, 0.15) is 23.9 Å². The van der Waals surface area contributed by atoms with Crippen molar-refractivity contribution in [3.63, 3.8) is 0 Å². The van der Waals surface area contributed by atoms with Crippen LogP contribution < -0.4 is 10.1 Å². The Morgan fingerprint density at radius 1 is 1.06 bits per heavy atom. The Kier molecular flexibility index (Phi) is 6.26. The van der Waals surface area contributed by atoms with Gasteiger partial charge in [0.2, 0.25) is 0 Å². The zero-order valence-corrected chi connectivity index (χ0v) is 17.8. The first-order chi connectivity index (χ1) is 15.1. The fourth-order valence-electron chi connectivity index (χ4n) is 3.55. The minimum absolute atomic E-state index is 0.179. The number of fused-ring (bicyclic) bond motifs is 1. The van der Waals surface area contributed by atoms with Crippen LogP contribution in [0.3, 0.4) is 0 Å². The Morgan fingerprint density at radius 3 is 2.74 bits per heavy atom. The summed E-state index contributed by atoms with van der Waals surface area (Å²) in [7, 11) is 0. The van der Waals surface area contributed by atoms with Gasteiger partial charge in [-0.3, -0.25) is 9.78 Å². The summed E-state index contributed by atoms with van der Waals surface area (Å²) in [6.07, 6.45) is 2.24. The van der Waals surface area contributed by atoms with E-state index in [-0.39, 0.29) is 5.91 Å². The molecule has 0 saturated carbocycles. The molecule has 6 nitrogen and oxygen atoms in total. The van der Waals surface area contributed by atoms with Gasteiger partial charge < -0.3 is 14.6 Å². The topological polar surface area (TPSA) is 69.0 Å². The monoisotopic (exact) mass is 414 g/mol. The maximum absolute atomic E-state index is 12.3. The molecule has 0 fully saturated rings. The van der Waals surface area contributed by atoms with Gasteiger partial charge in [0.25, 0.3) is 5.91 Å². The van der Waals surface area contributed by atoms with Crippen LogP contribution in [-0.4, -0.2) is 33.6 Å². The van der Waals surface area contributed by atoms with Gasteiger partial charge in [-0.05, 0) is 55.3 Å². The summed E-state index contributed by atoms with van der Waals surface area (Å²) in [5, 5.41) is 2.93. The number of para-hydroxylation sites is 2. The highest BCUT2D eigenvalue weighted by atomic mass is 16.5. The molecule has 1 amide bonds. The highest BCUT2D eigenvalue weighted by Crippen LogP contribution is 2.20. The van der Waals surface area contributed by atoms with E-state index in [0.717, 1.165) is 28.2 Å². The van der Waals surface area contributed by atoms with Crippen molar-refractivity contribution >= 4 is 16.9 Å². The van der Waals surface area contributed by atoms with Gasteiger partial charge in [-0.25, -0.2) is 4.98 Å². The van der Waals surface area contributed by atoms with Crippen molar-refractivity contribution in [3.05, 3.63) is 89.5 Å². The van der Waals surface area contributed by atoms with Gasteiger partial charge in [0.05, 0.1) is 17.6 Å². The Hall–Kier alpha value is -3.67. The molecule has 0 aliphatic rings. The van der Waals surface area contributed by atoms with Crippen LogP contribution in [0.2, 0.25) is 0 Å². The molecule has 2 heterocycles. The first-order valence-corrected chi connectivity index (χ1v) is 10.5. The van der Waals surface area contributed by atoms with Gasteiger partial charge in [0.15, 0.2) is 0 Å². The number of nitrogens with one attached hydrogen (secondary N) is 1. The largest absolute Gasteiger partial charge is 0.491 e. The molecule has 4 aromatic rings. The second-order valence-corrected chi connectivity index (χ2v) is 7.51. The second kappa shape index (κ2) is 9.43. The number of nitrogens with zero attached hydrogens (tertiary/aromatic N) is 3. The molecule has 4 rings (SSSR count). The predicted molar refractivity (Wildman–Crippen MR) is 121 cm³/mol. The molecular formula is C25H26N4O2. The van der Waals surface area contributed by atoms with Gasteiger partial charge in [-0.2, -0.15) is 0 Å². The lowest BCUT2D eigenvalue weighted by atomic mass is 10.1. The molecule has 0 aliphatic carbocycles. The van der Waals surface area contributed by atoms with Crippen LogP contribution in [0.5, 0.6) is 5.75 Å². The summed E-state index contributed by atoms with van der Waals surface area (Å²) in [6.45, 7) is 5.82. The third kappa shape index (κ3) is 4.91. The lowest BCUT2D eigenvalue weighted by Crippen LogP contribution is -2.27. The Labute approximate surface area is 181 Å². The Morgan fingerprint density at radius 2 is 1.90 bits per heavy atom. The molecule has 0 atom stereocenters. The van der Waals surface area contributed by atoms with Crippen molar-refractivity contribution in [3.8, 4) is 5.75 Å². The highest BCUT2D eigenvalue weighted by Gasteiger charge is 2.12. The molecule has 0 radical (unpaired) electrons. The van der Waals surface area contributed by atoms with E-state index in [1.54, 1.807) is 24.4 Å². The summed E-state index contributed by atoms with van der Waals surface area (Å²) in [6, 6.07) is 19.6. The van der Waals surface area contributed by atoms with Crippen molar-refractivity contribution < 1.29 is 9.53 Å². The van der Waals surface area contributed by atoms with Crippen LogP contribution in [0.1, 0.15) is 27.4 Å². The summed E-state index contributed by atoms with van der Waals surface area (Å²) >= 11 is 0. The number of ether oxygens (including phenoxy) is 1. The van der Waals surface area contributed by atoms with E-state index >= 15 is 0 Å². The smallest absolute Gasteiger partial charge is 0.269 e. The van der Waals surface area contributed by atoms with Gasteiger partial charge >= 0.3 is 0 Å². The number of aryl methyl sites for hydroxylation is 2. The number of hydrogen-bond acceptors (Lipinski definition) is 4. The predicted octanol–water partition coefficient (Wildman–Crippen LogP) is 4.10. The molecular weight excluding hydrogens is 388 g/mol. The van der Waals surface area contributed by atoms with Crippen LogP contribution >= 0.6 is 0 Å². The third-order valence-electron chi connectivity index (χ3n) is 5.18. The molecule has 0 spiro atoms.